The molecule has 6 rings (SSSR count). The molecule has 0 atom stereocenters. The summed E-state index contributed by atoms with van der Waals surface area (Å²) in [6.07, 6.45) is 0. The van der Waals surface area contributed by atoms with Crippen molar-refractivity contribution in [3.8, 4) is 34.5 Å². The molecule has 3 aliphatic heterocycles. The summed E-state index contributed by atoms with van der Waals surface area (Å²) in [5, 5.41) is 0. The van der Waals surface area contributed by atoms with Crippen molar-refractivity contribution in [1.82, 2.24) is 0 Å². The van der Waals surface area contributed by atoms with E-state index in [1.54, 1.807) is 36.4 Å². The SMILES string of the molecule is [K+].[K+].c1ccc2c(c1)[O][Ge-2]13([O]2)([O]c2ccccc2[O]1)[O]c1ccccc1[O]3. The van der Waals surface area contributed by atoms with E-state index >= 15 is 0 Å². The minimum absolute atomic E-state index is 0. The molecule has 0 amide bonds. The van der Waals surface area contributed by atoms with Gasteiger partial charge in [-0.1, -0.05) is 0 Å². The third kappa shape index (κ3) is 2.73. The molecule has 0 unspecified atom stereocenters. The van der Waals surface area contributed by atoms with Gasteiger partial charge in [0.1, 0.15) is 0 Å². The van der Waals surface area contributed by atoms with Crippen molar-refractivity contribution in [3.63, 3.8) is 0 Å². The Morgan fingerprint density at radius 2 is 0.556 bits per heavy atom. The fraction of sp³-hybridized carbons (Fsp3) is 0. The Hall–Kier alpha value is 0.276. The number of rotatable bonds is 0. The summed E-state index contributed by atoms with van der Waals surface area (Å²) in [6, 6.07) is 21.6. The molecule has 1 spiro atoms. The van der Waals surface area contributed by atoms with Crippen LogP contribution in [0.5, 0.6) is 34.5 Å². The van der Waals surface area contributed by atoms with E-state index in [-0.39, 0.29) is 103 Å². The van der Waals surface area contributed by atoms with Crippen LogP contribution < -0.4 is 125 Å². The first-order valence-electron chi connectivity index (χ1n) is 7.93. The molecule has 0 bridgehead atoms. The molecule has 6 nitrogen and oxygen atoms in total. The van der Waals surface area contributed by atoms with E-state index in [9.17, 15) is 0 Å². The van der Waals surface area contributed by atoms with Gasteiger partial charge in [0.2, 0.25) is 0 Å². The Labute approximate surface area is 241 Å². The van der Waals surface area contributed by atoms with E-state index in [1.807, 2.05) is 36.4 Å². The van der Waals surface area contributed by atoms with Crippen molar-refractivity contribution in [2.45, 2.75) is 0 Å². The summed E-state index contributed by atoms with van der Waals surface area (Å²) in [7, 11) is 0. The van der Waals surface area contributed by atoms with Gasteiger partial charge < -0.3 is 0 Å². The predicted octanol–water partition coefficient (Wildman–Crippen LogP) is -2.25. The second kappa shape index (κ2) is 6.38. The van der Waals surface area contributed by atoms with Gasteiger partial charge in [-0.05, 0) is 0 Å². The number of hydrogen-bond acceptors (Lipinski definition) is 6. The molecule has 3 aromatic carbocycles. The molecule has 0 aromatic heterocycles. The molecular weight excluding hydrogens is 463 g/mol. The zero-order valence-corrected chi connectivity index (χ0v) is 23.2. The quantitative estimate of drug-likeness (QED) is 0.343. The van der Waals surface area contributed by atoms with Crippen molar-refractivity contribution >= 4 is 13.1 Å². The normalized spacial score (nSPS) is 21.8. The topological polar surface area (TPSA) is 55.4 Å². The van der Waals surface area contributed by atoms with E-state index in [2.05, 4.69) is 0 Å². The van der Waals surface area contributed by atoms with E-state index in [4.69, 9.17) is 22.6 Å². The number of fused-ring (bicyclic) bond motifs is 3. The van der Waals surface area contributed by atoms with Crippen LogP contribution in [0.4, 0.5) is 0 Å². The van der Waals surface area contributed by atoms with Crippen LogP contribution >= 0.6 is 0 Å². The van der Waals surface area contributed by atoms with E-state index in [0.717, 1.165) is 0 Å². The fourth-order valence-corrected chi connectivity index (χ4v) is 12.6. The maximum absolute atomic E-state index is 6.33. The molecular formula is C18H12GeK2O6. The zero-order chi connectivity index (χ0) is 16.6. The summed E-state index contributed by atoms with van der Waals surface area (Å²) >= 11 is -6.33. The Morgan fingerprint density at radius 1 is 0.370 bits per heavy atom. The summed E-state index contributed by atoms with van der Waals surface area (Å²) in [5.41, 5.74) is 0. The first-order chi connectivity index (χ1) is 12.1. The number of para-hydroxylation sites is 6. The molecule has 0 aliphatic carbocycles. The number of benzene rings is 3. The first-order valence-corrected chi connectivity index (χ1v) is 13.1. The second-order valence-electron chi connectivity index (χ2n) is 6.20. The predicted molar refractivity (Wildman–Crippen MR) is 88.8 cm³/mol. The molecule has 3 aliphatic rings. The van der Waals surface area contributed by atoms with Gasteiger partial charge >= 0.3 is 246 Å². The number of hydrogen-bond donors (Lipinski definition) is 0. The Bertz CT molecular complexity index is 856. The van der Waals surface area contributed by atoms with Crippen LogP contribution in [0.1, 0.15) is 0 Å². The molecule has 0 N–H and O–H groups in total. The summed E-state index contributed by atoms with van der Waals surface area (Å²) in [5.74, 6) is 2.71. The second-order valence-corrected chi connectivity index (χ2v) is 14.0. The van der Waals surface area contributed by atoms with Gasteiger partial charge in [-0.3, -0.25) is 0 Å². The van der Waals surface area contributed by atoms with Gasteiger partial charge in [-0.25, -0.2) is 0 Å². The third-order valence-electron chi connectivity index (χ3n) is 4.46. The molecule has 0 radical (unpaired) electrons. The molecule has 3 heterocycles. The fourth-order valence-electron chi connectivity index (χ4n) is 3.52. The Kier molecular flexibility index (Phi) is 4.86. The monoisotopic (exact) mass is 476 g/mol. The minimum atomic E-state index is -6.33. The third-order valence-corrected chi connectivity index (χ3v) is 12.5. The van der Waals surface area contributed by atoms with Gasteiger partial charge in [0.25, 0.3) is 0 Å². The van der Waals surface area contributed by atoms with Crippen LogP contribution in [0.25, 0.3) is 0 Å². The van der Waals surface area contributed by atoms with Crippen LogP contribution in [0, 0.1) is 0 Å². The van der Waals surface area contributed by atoms with Crippen LogP contribution in [0.15, 0.2) is 72.8 Å². The van der Waals surface area contributed by atoms with Crippen molar-refractivity contribution in [2.24, 2.45) is 0 Å². The van der Waals surface area contributed by atoms with Crippen molar-refractivity contribution in [1.29, 1.82) is 0 Å². The van der Waals surface area contributed by atoms with Crippen LogP contribution in [0.3, 0.4) is 0 Å². The zero-order valence-electron chi connectivity index (χ0n) is 14.9. The molecule has 0 fully saturated rings. The molecule has 0 saturated carbocycles. The maximum atomic E-state index is 6.23. The molecule has 3 aromatic rings. The van der Waals surface area contributed by atoms with Crippen molar-refractivity contribution in [2.75, 3.05) is 0 Å². The van der Waals surface area contributed by atoms with Gasteiger partial charge in [-0.15, -0.1) is 0 Å². The van der Waals surface area contributed by atoms with Gasteiger partial charge in [-0.2, -0.15) is 0 Å². The van der Waals surface area contributed by atoms with Crippen LogP contribution in [-0.4, -0.2) is 13.1 Å². The van der Waals surface area contributed by atoms with Gasteiger partial charge in [0.05, 0.1) is 0 Å². The van der Waals surface area contributed by atoms with Crippen molar-refractivity contribution < 1.29 is 125 Å². The summed E-state index contributed by atoms with van der Waals surface area (Å²) in [6.45, 7) is 0. The Morgan fingerprint density at radius 3 is 0.741 bits per heavy atom. The summed E-state index contributed by atoms with van der Waals surface area (Å²) < 4.78 is 37.4. The average Bonchev–Trinajstić information content (AvgIpc) is 3.18. The molecule has 0 saturated heterocycles. The van der Waals surface area contributed by atoms with Gasteiger partial charge in [0.15, 0.2) is 0 Å². The molecule has 9 heteroatoms. The molecule has 126 valence electrons. The molecule has 27 heavy (non-hydrogen) atoms. The van der Waals surface area contributed by atoms with Crippen LogP contribution in [0.2, 0.25) is 0 Å². The van der Waals surface area contributed by atoms with Crippen molar-refractivity contribution in [3.05, 3.63) is 72.8 Å². The van der Waals surface area contributed by atoms with E-state index in [1.165, 1.54) is 0 Å². The standard InChI is InChI=1S/C18H12GeO6.2K/c1-2-8-14-13(7-1)20-19(21-14,22-15-9-3-4-10-16(15)23-19)24-17-11-5-6-12-18(17)25-19;;/h1-12H;;/q-2;2*+1. The summed E-state index contributed by atoms with van der Waals surface area (Å²) in [4.78, 5) is 0. The van der Waals surface area contributed by atoms with E-state index < -0.39 is 13.1 Å². The first kappa shape index (κ1) is 20.5. The van der Waals surface area contributed by atoms with E-state index in [0.29, 0.717) is 34.5 Å². The van der Waals surface area contributed by atoms with Crippen LogP contribution in [-0.2, 0) is 0 Å². The average molecular weight is 475 g/mol. The Balaban J connectivity index is 0.000000900. The van der Waals surface area contributed by atoms with Gasteiger partial charge in [0, 0.05) is 0 Å².